The lowest BCUT2D eigenvalue weighted by molar-refractivity contribution is -0.173. The van der Waals surface area contributed by atoms with Crippen LogP contribution in [0.15, 0.2) is 64.8 Å². The van der Waals surface area contributed by atoms with Crippen molar-refractivity contribution < 1.29 is 27.5 Å². The van der Waals surface area contributed by atoms with Crippen LogP contribution >= 0.6 is 0 Å². The zero-order valence-corrected chi connectivity index (χ0v) is 17.2. The van der Waals surface area contributed by atoms with Crippen molar-refractivity contribution in [3.8, 4) is 5.88 Å². The summed E-state index contributed by atoms with van der Waals surface area (Å²) in [5.41, 5.74) is 0.712. The molecule has 0 fully saturated rings. The number of rotatable bonds is 3. The second kappa shape index (κ2) is 7.97. The van der Waals surface area contributed by atoms with Gasteiger partial charge >= 0.3 is 12.1 Å². The summed E-state index contributed by atoms with van der Waals surface area (Å²) in [6, 6.07) is 10.3. The highest BCUT2D eigenvalue weighted by Crippen LogP contribution is 2.43. The number of aromatic hydroxyl groups is 1. The minimum atomic E-state index is -4.64. The first kappa shape index (κ1) is 21.6. The number of para-hydroxylation sites is 1. The van der Waals surface area contributed by atoms with Gasteiger partial charge in [-0.05, 0) is 23.8 Å². The van der Waals surface area contributed by atoms with Crippen LogP contribution in [0.2, 0.25) is 0 Å². The predicted molar refractivity (Wildman–Crippen MR) is 114 cm³/mol. The van der Waals surface area contributed by atoms with Gasteiger partial charge in [-0.15, -0.1) is 10.2 Å². The lowest BCUT2D eigenvalue weighted by Gasteiger charge is -2.33. The molecule has 2 aromatic heterocycles. The Hall–Kier alpha value is -4.22. The largest absolute Gasteiger partial charge is 0.493 e. The molecule has 0 radical (unpaired) electrons. The van der Waals surface area contributed by atoms with Crippen molar-refractivity contribution in [2.45, 2.75) is 24.7 Å². The molecule has 3 N–H and O–H groups in total. The summed E-state index contributed by atoms with van der Waals surface area (Å²) in [4.78, 5) is 15.3. The molecule has 3 heterocycles. The monoisotopic (exact) mass is 472 g/mol. The van der Waals surface area contributed by atoms with Crippen LogP contribution in [-0.4, -0.2) is 32.0 Å². The van der Waals surface area contributed by atoms with Gasteiger partial charge in [0.25, 0.3) is 0 Å². The zero-order chi connectivity index (χ0) is 24.0. The molecular weight excluding hydrogens is 456 g/mol. The first-order valence-electron chi connectivity index (χ1n) is 10.1. The molecule has 1 amide bonds. The molecular formula is C22H16F4N6O2. The van der Waals surface area contributed by atoms with Gasteiger partial charge in [-0.25, -0.2) is 9.07 Å². The maximum atomic E-state index is 13.8. The van der Waals surface area contributed by atoms with Gasteiger partial charge in [-0.3, -0.25) is 4.79 Å². The Morgan fingerprint density at radius 2 is 1.88 bits per heavy atom. The van der Waals surface area contributed by atoms with Gasteiger partial charge in [0.2, 0.25) is 5.88 Å². The highest BCUT2D eigenvalue weighted by atomic mass is 19.4. The number of aromatic nitrogens is 3. The molecule has 12 heteroatoms. The highest BCUT2D eigenvalue weighted by molar-refractivity contribution is 5.96. The lowest BCUT2D eigenvalue weighted by atomic mass is 9.97. The Morgan fingerprint density at radius 3 is 2.62 bits per heavy atom. The van der Waals surface area contributed by atoms with Crippen LogP contribution < -0.4 is 5.32 Å². The fourth-order valence-corrected chi connectivity index (χ4v) is 3.95. The number of amides is 1. The molecule has 4 aromatic rings. The zero-order valence-electron chi connectivity index (χ0n) is 17.2. The van der Waals surface area contributed by atoms with Gasteiger partial charge in [-0.1, -0.05) is 30.3 Å². The van der Waals surface area contributed by atoms with E-state index in [1.54, 1.807) is 24.3 Å². The molecule has 0 spiro atoms. The molecule has 0 saturated carbocycles. The van der Waals surface area contributed by atoms with Crippen molar-refractivity contribution in [2.75, 3.05) is 5.32 Å². The molecule has 2 aromatic carbocycles. The molecule has 5 rings (SSSR count). The Labute approximate surface area is 188 Å². The summed E-state index contributed by atoms with van der Waals surface area (Å²) >= 11 is 0. The van der Waals surface area contributed by atoms with E-state index in [9.17, 15) is 27.5 Å². The van der Waals surface area contributed by atoms with Gasteiger partial charge in [0.15, 0.2) is 17.4 Å². The van der Waals surface area contributed by atoms with E-state index in [-0.39, 0.29) is 23.1 Å². The number of aromatic amines is 1. The summed E-state index contributed by atoms with van der Waals surface area (Å²) in [7, 11) is 0. The minimum absolute atomic E-state index is 0.0237. The number of nitrogens with zero attached hydrogens (tertiary/aromatic N) is 4. The normalized spacial score (nSPS) is 18.2. The van der Waals surface area contributed by atoms with E-state index in [2.05, 4.69) is 25.6 Å². The number of azo groups is 1. The quantitative estimate of drug-likeness (QED) is 0.259. The van der Waals surface area contributed by atoms with Gasteiger partial charge in [0, 0.05) is 17.9 Å². The Bertz CT molecular complexity index is 1410. The minimum Gasteiger partial charge on any atom is -0.493 e. The molecule has 2 atom stereocenters. The predicted octanol–water partition coefficient (Wildman–Crippen LogP) is 5.79. The van der Waals surface area contributed by atoms with Crippen molar-refractivity contribution in [2.24, 2.45) is 10.2 Å². The SMILES string of the molecule is O=C(N=Nc1c(O)[nH]c2ccccc12)c1cc2n(n1)[C@H](C(F)(F)F)C[C@@H](c1ccc(F)cc1)N2. The van der Waals surface area contributed by atoms with Crippen LogP contribution in [0.3, 0.4) is 0 Å². The fourth-order valence-electron chi connectivity index (χ4n) is 3.95. The topological polar surface area (TPSA) is 108 Å². The van der Waals surface area contributed by atoms with Crippen LogP contribution in [0.1, 0.15) is 34.6 Å². The number of benzene rings is 2. The van der Waals surface area contributed by atoms with Crippen molar-refractivity contribution in [1.82, 2.24) is 14.8 Å². The third-order valence-corrected chi connectivity index (χ3v) is 5.58. The van der Waals surface area contributed by atoms with E-state index in [1.165, 1.54) is 24.3 Å². The first-order valence-corrected chi connectivity index (χ1v) is 10.1. The summed E-state index contributed by atoms with van der Waals surface area (Å²) < 4.78 is 55.4. The van der Waals surface area contributed by atoms with Crippen molar-refractivity contribution in [3.05, 3.63) is 71.7 Å². The average Bonchev–Trinajstić information content (AvgIpc) is 3.37. The molecule has 0 saturated heterocycles. The number of carbonyl (C=O) groups is 1. The van der Waals surface area contributed by atoms with Crippen molar-refractivity contribution in [3.63, 3.8) is 0 Å². The Balaban J connectivity index is 1.46. The molecule has 0 aliphatic carbocycles. The average molecular weight is 472 g/mol. The van der Waals surface area contributed by atoms with Gasteiger partial charge < -0.3 is 15.4 Å². The molecule has 1 aliphatic heterocycles. The number of alkyl halides is 3. The Kier molecular flexibility index (Phi) is 5.07. The van der Waals surface area contributed by atoms with Crippen LogP contribution in [0.4, 0.5) is 29.1 Å². The standard InChI is InChI=1S/C22H16F4N6O2/c23-12-7-5-11(6-8-12)15-9-17(22(24,25)26)32-18(27-15)10-16(31-32)20(33)30-29-19-13-3-1-2-4-14(13)28-21(19)34/h1-8,10,15,17,27-28,34H,9H2/t15-,17-/m0/s1. The van der Waals surface area contributed by atoms with Crippen LogP contribution in [-0.2, 0) is 0 Å². The molecule has 174 valence electrons. The second-order valence-electron chi connectivity index (χ2n) is 7.77. The van der Waals surface area contributed by atoms with Gasteiger partial charge in [0.05, 0.1) is 11.6 Å². The van der Waals surface area contributed by atoms with Crippen LogP contribution in [0.25, 0.3) is 10.9 Å². The number of hydrogen-bond acceptors (Lipinski definition) is 5. The maximum absolute atomic E-state index is 13.8. The van der Waals surface area contributed by atoms with E-state index in [4.69, 9.17) is 0 Å². The lowest BCUT2D eigenvalue weighted by Crippen LogP contribution is -2.35. The molecule has 0 unspecified atom stereocenters. The summed E-state index contributed by atoms with van der Waals surface area (Å²) in [5, 5.41) is 24.6. The van der Waals surface area contributed by atoms with E-state index < -0.39 is 36.4 Å². The third-order valence-electron chi connectivity index (χ3n) is 5.58. The number of halogens is 4. The second-order valence-corrected chi connectivity index (χ2v) is 7.77. The molecule has 1 aliphatic rings. The van der Waals surface area contributed by atoms with E-state index in [0.717, 1.165) is 6.07 Å². The van der Waals surface area contributed by atoms with Gasteiger partial charge in [-0.2, -0.15) is 18.3 Å². The molecule has 0 bridgehead atoms. The smallest absolute Gasteiger partial charge is 0.410 e. The number of hydrogen-bond donors (Lipinski definition) is 3. The van der Waals surface area contributed by atoms with Crippen LogP contribution in [0, 0.1) is 5.82 Å². The molecule has 8 nitrogen and oxygen atoms in total. The van der Waals surface area contributed by atoms with E-state index >= 15 is 0 Å². The third kappa shape index (κ3) is 3.87. The van der Waals surface area contributed by atoms with E-state index in [1.807, 2.05) is 0 Å². The van der Waals surface area contributed by atoms with Gasteiger partial charge in [0.1, 0.15) is 11.6 Å². The maximum Gasteiger partial charge on any atom is 0.410 e. The molecule has 34 heavy (non-hydrogen) atoms. The highest BCUT2D eigenvalue weighted by Gasteiger charge is 2.46. The van der Waals surface area contributed by atoms with E-state index in [0.29, 0.717) is 21.1 Å². The summed E-state index contributed by atoms with van der Waals surface area (Å²) in [5.74, 6) is -1.82. The summed E-state index contributed by atoms with van der Waals surface area (Å²) in [6.07, 6.45) is -5.04. The number of anilines is 1. The van der Waals surface area contributed by atoms with Crippen LogP contribution in [0.5, 0.6) is 5.88 Å². The number of carbonyl (C=O) groups excluding carboxylic acids is 1. The number of fused-ring (bicyclic) bond motifs is 2. The number of nitrogens with one attached hydrogen (secondary N) is 2. The van der Waals surface area contributed by atoms with Crippen molar-refractivity contribution in [1.29, 1.82) is 0 Å². The first-order chi connectivity index (χ1) is 16.2. The number of H-pyrrole nitrogens is 1. The fraction of sp³-hybridized carbons (Fsp3) is 0.182. The summed E-state index contributed by atoms with van der Waals surface area (Å²) in [6.45, 7) is 0. The van der Waals surface area contributed by atoms with Crippen molar-refractivity contribution >= 4 is 28.3 Å². The Morgan fingerprint density at radius 1 is 1.15 bits per heavy atom.